The lowest BCUT2D eigenvalue weighted by atomic mass is 10.1. The smallest absolute Gasteiger partial charge is 0.303 e. The zero-order chi connectivity index (χ0) is 9.56. The highest BCUT2D eigenvalue weighted by atomic mass is 32.1. The van der Waals surface area contributed by atoms with Crippen LogP contribution in [0.5, 0.6) is 0 Å². The molecule has 12 heavy (non-hydrogen) atoms. The second kappa shape index (κ2) is 6.20. The molecule has 1 N–H and O–H groups in total. The second-order valence-corrected chi connectivity index (χ2v) is 3.43. The molecule has 0 radical (unpaired) electrons. The average Bonchev–Trinajstić information content (AvgIpc) is 2.02. The maximum absolute atomic E-state index is 10.1. The Morgan fingerprint density at radius 2 is 1.83 bits per heavy atom. The van der Waals surface area contributed by atoms with Gasteiger partial charge in [0.1, 0.15) is 0 Å². The minimum Gasteiger partial charge on any atom is -0.481 e. The van der Waals surface area contributed by atoms with Crippen LogP contribution in [-0.2, 0) is 4.79 Å². The van der Waals surface area contributed by atoms with E-state index >= 15 is 0 Å². The van der Waals surface area contributed by atoms with Crippen molar-refractivity contribution in [3.8, 4) is 0 Å². The van der Waals surface area contributed by atoms with E-state index < -0.39 is 5.97 Å². The number of hydrogen-bond donors (Lipinski definition) is 1. The van der Waals surface area contributed by atoms with E-state index in [1.165, 1.54) is 0 Å². The third-order valence-electron chi connectivity index (χ3n) is 1.43. The zero-order valence-corrected chi connectivity index (χ0v) is 8.63. The van der Waals surface area contributed by atoms with Crippen LogP contribution in [0.4, 0.5) is 0 Å². The van der Waals surface area contributed by atoms with E-state index in [4.69, 9.17) is 29.5 Å². The van der Waals surface area contributed by atoms with Crippen LogP contribution in [0.3, 0.4) is 0 Å². The summed E-state index contributed by atoms with van der Waals surface area (Å²) in [6.45, 7) is 1.95. The summed E-state index contributed by atoms with van der Waals surface area (Å²) in [5.74, 6) is -0.778. The van der Waals surface area contributed by atoms with Gasteiger partial charge in [-0.2, -0.15) is 0 Å². The normalized spacial score (nSPS) is 9.42. The summed E-state index contributed by atoms with van der Waals surface area (Å²) < 4.78 is 0. The molecule has 0 aliphatic rings. The molecule has 0 aliphatic carbocycles. The lowest BCUT2D eigenvalue weighted by Gasteiger charge is -2.00. The van der Waals surface area contributed by atoms with Crippen LogP contribution in [0.25, 0.3) is 0 Å². The quantitative estimate of drug-likeness (QED) is 0.674. The number of thiocarbonyl (C=S) groups is 2. The van der Waals surface area contributed by atoms with Crippen molar-refractivity contribution in [2.45, 2.75) is 32.6 Å². The number of carbonyl (C=O) groups is 1. The molecule has 2 nitrogen and oxygen atoms in total. The van der Waals surface area contributed by atoms with Gasteiger partial charge in [-0.3, -0.25) is 4.79 Å². The van der Waals surface area contributed by atoms with Gasteiger partial charge in [-0.1, -0.05) is 31.4 Å². The number of aliphatic carboxylic acids is 1. The molecule has 0 aromatic carbocycles. The molecule has 0 aliphatic heterocycles. The minimum absolute atomic E-state index is 0.173. The van der Waals surface area contributed by atoms with Crippen molar-refractivity contribution in [3.63, 3.8) is 0 Å². The fourth-order valence-corrected chi connectivity index (χ4v) is 1.13. The van der Waals surface area contributed by atoms with Crippen LogP contribution < -0.4 is 0 Å². The van der Waals surface area contributed by atoms with Crippen LogP contribution in [0.15, 0.2) is 0 Å². The first-order valence-corrected chi connectivity index (χ1v) is 4.67. The molecule has 0 bridgehead atoms. The number of rotatable bonds is 6. The van der Waals surface area contributed by atoms with Crippen LogP contribution >= 0.6 is 24.4 Å². The van der Waals surface area contributed by atoms with Crippen molar-refractivity contribution in [1.29, 1.82) is 0 Å². The van der Waals surface area contributed by atoms with Gasteiger partial charge in [-0.05, 0) is 19.3 Å². The zero-order valence-electron chi connectivity index (χ0n) is 7.00. The third kappa shape index (κ3) is 5.32. The fourth-order valence-electron chi connectivity index (χ4n) is 0.737. The van der Waals surface area contributed by atoms with Gasteiger partial charge in [-0.15, -0.1) is 0 Å². The number of carboxylic acid groups (broad SMARTS) is 1. The number of hydrogen-bond acceptors (Lipinski definition) is 3. The van der Waals surface area contributed by atoms with E-state index in [-0.39, 0.29) is 6.42 Å². The summed E-state index contributed by atoms with van der Waals surface area (Å²) in [5.41, 5.74) is 0. The van der Waals surface area contributed by atoms with E-state index in [0.717, 1.165) is 16.1 Å². The summed E-state index contributed by atoms with van der Waals surface area (Å²) in [6.07, 6.45) is 2.18. The highest BCUT2D eigenvalue weighted by molar-refractivity contribution is 7.89. The summed E-state index contributed by atoms with van der Waals surface area (Å²) >= 11 is 9.96. The molecule has 4 heteroatoms. The summed E-state index contributed by atoms with van der Waals surface area (Å²) in [7, 11) is 0. The van der Waals surface area contributed by atoms with Gasteiger partial charge in [-0.25, -0.2) is 0 Å². The Morgan fingerprint density at radius 1 is 1.25 bits per heavy atom. The van der Waals surface area contributed by atoms with Crippen molar-refractivity contribution in [2.24, 2.45) is 0 Å². The lowest BCUT2D eigenvalue weighted by molar-refractivity contribution is -0.137. The molecule has 68 valence electrons. The molecule has 0 atom stereocenters. The molecule has 0 rings (SSSR count). The standard InChI is InChI=1S/C8H12O2S2/c1-2-6(11)7(12)4-3-5-8(9)10/h2-5H2,1H3,(H,9,10). The monoisotopic (exact) mass is 204 g/mol. The van der Waals surface area contributed by atoms with Crippen molar-refractivity contribution in [3.05, 3.63) is 0 Å². The predicted octanol–water partition coefficient (Wildman–Crippen LogP) is 2.39. The first-order valence-electron chi connectivity index (χ1n) is 3.85. The third-order valence-corrected chi connectivity index (χ3v) is 2.54. The average molecular weight is 204 g/mol. The van der Waals surface area contributed by atoms with Crippen LogP contribution in [-0.4, -0.2) is 20.8 Å². The first kappa shape index (κ1) is 11.6. The lowest BCUT2D eigenvalue weighted by Crippen LogP contribution is -2.08. The van der Waals surface area contributed by atoms with Crippen molar-refractivity contribution in [2.75, 3.05) is 0 Å². The molecular formula is C8H12O2S2. The van der Waals surface area contributed by atoms with Crippen molar-refractivity contribution in [1.82, 2.24) is 0 Å². The van der Waals surface area contributed by atoms with E-state index in [1.54, 1.807) is 0 Å². The molecule has 0 fully saturated rings. The molecule has 0 aromatic rings. The Hall–Kier alpha value is -0.350. The summed E-state index contributed by atoms with van der Waals surface area (Å²) in [5, 5.41) is 8.35. The summed E-state index contributed by atoms with van der Waals surface area (Å²) in [6, 6.07) is 0. The predicted molar refractivity (Wildman–Crippen MR) is 57.0 cm³/mol. The van der Waals surface area contributed by atoms with Gasteiger partial charge in [0.05, 0.1) is 0 Å². The molecule has 0 heterocycles. The van der Waals surface area contributed by atoms with Gasteiger partial charge in [0.25, 0.3) is 0 Å². The van der Waals surface area contributed by atoms with Crippen molar-refractivity contribution >= 4 is 40.1 Å². The highest BCUT2D eigenvalue weighted by Crippen LogP contribution is 2.02. The van der Waals surface area contributed by atoms with Gasteiger partial charge < -0.3 is 5.11 Å². The first-order chi connectivity index (χ1) is 5.57. The molecule has 0 amide bonds. The Bertz CT molecular complexity index is 199. The van der Waals surface area contributed by atoms with E-state index in [9.17, 15) is 4.79 Å². The minimum atomic E-state index is -0.778. The maximum atomic E-state index is 10.1. The fraction of sp³-hybridized carbons (Fsp3) is 0.625. The molecular weight excluding hydrogens is 192 g/mol. The van der Waals surface area contributed by atoms with E-state index in [1.807, 2.05) is 6.92 Å². The molecule has 0 aromatic heterocycles. The van der Waals surface area contributed by atoms with Crippen LogP contribution in [0.2, 0.25) is 0 Å². The van der Waals surface area contributed by atoms with Gasteiger partial charge >= 0.3 is 5.97 Å². The molecule has 0 spiro atoms. The summed E-state index contributed by atoms with van der Waals surface area (Å²) in [4.78, 5) is 11.7. The largest absolute Gasteiger partial charge is 0.481 e. The van der Waals surface area contributed by atoms with E-state index in [0.29, 0.717) is 12.8 Å². The second-order valence-electron chi connectivity index (χ2n) is 2.45. The molecule has 0 saturated heterocycles. The molecule has 0 unspecified atom stereocenters. The van der Waals surface area contributed by atoms with Crippen LogP contribution in [0, 0.1) is 0 Å². The van der Waals surface area contributed by atoms with Crippen molar-refractivity contribution < 1.29 is 9.90 Å². The SMILES string of the molecule is CCC(=S)C(=S)CCCC(=O)O. The van der Waals surface area contributed by atoms with Gasteiger partial charge in [0, 0.05) is 16.1 Å². The van der Waals surface area contributed by atoms with E-state index in [2.05, 4.69) is 0 Å². The molecule has 0 saturated carbocycles. The van der Waals surface area contributed by atoms with Crippen LogP contribution in [0.1, 0.15) is 32.6 Å². The maximum Gasteiger partial charge on any atom is 0.303 e. The highest BCUT2D eigenvalue weighted by Gasteiger charge is 2.03. The Morgan fingerprint density at radius 3 is 2.25 bits per heavy atom. The Kier molecular flexibility index (Phi) is 6.02. The number of carboxylic acids is 1. The Balaban J connectivity index is 3.58. The topological polar surface area (TPSA) is 37.3 Å². The Labute approximate surface area is 83.0 Å². The van der Waals surface area contributed by atoms with Gasteiger partial charge in [0.2, 0.25) is 0 Å². The van der Waals surface area contributed by atoms with Gasteiger partial charge in [0.15, 0.2) is 0 Å².